The maximum absolute atomic E-state index is 13.5. The fourth-order valence-corrected chi connectivity index (χ4v) is 2.76. The van der Waals surface area contributed by atoms with Crippen molar-refractivity contribution in [2.75, 3.05) is 12.4 Å². The van der Waals surface area contributed by atoms with E-state index in [-0.39, 0.29) is 23.9 Å². The second kappa shape index (κ2) is 6.33. The molecule has 19 heavy (non-hydrogen) atoms. The van der Waals surface area contributed by atoms with Crippen LogP contribution in [0.4, 0.5) is 8.78 Å². The van der Waals surface area contributed by atoms with Crippen molar-refractivity contribution in [3.8, 4) is 0 Å². The van der Waals surface area contributed by atoms with Crippen molar-refractivity contribution < 1.29 is 13.6 Å². The van der Waals surface area contributed by atoms with Crippen molar-refractivity contribution in [3.05, 3.63) is 35.4 Å². The number of carbonyl (C=O) groups is 1. The average molecular weight is 288 g/mol. The molecule has 1 unspecified atom stereocenters. The molecule has 1 amide bonds. The zero-order valence-electron chi connectivity index (χ0n) is 10.5. The Morgan fingerprint density at radius 3 is 2.63 bits per heavy atom. The topological polar surface area (TPSA) is 20.3 Å². The zero-order chi connectivity index (χ0) is 13.8. The molecule has 1 aliphatic heterocycles. The van der Waals surface area contributed by atoms with E-state index < -0.39 is 11.6 Å². The van der Waals surface area contributed by atoms with Gasteiger partial charge in [-0.05, 0) is 31.4 Å². The molecule has 5 heteroatoms. The standard InChI is InChI=1S/C14H16ClF2NO/c15-9-10-4-1-2-7-18(10)14(19)8-11-12(16)5-3-6-13(11)17/h3,5-6,10H,1-2,4,7-9H2. The molecule has 0 spiro atoms. The number of alkyl halides is 1. The molecule has 1 aromatic rings. The van der Waals surface area contributed by atoms with Crippen molar-refractivity contribution in [2.45, 2.75) is 31.7 Å². The maximum Gasteiger partial charge on any atom is 0.227 e. The summed E-state index contributed by atoms with van der Waals surface area (Å²) in [5, 5.41) is 0. The summed E-state index contributed by atoms with van der Waals surface area (Å²) in [6.45, 7) is 0.617. The molecule has 0 N–H and O–H groups in total. The number of rotatable bonds is 3. The normalized spacial score (nSPS) is 19.5. The van der Waals surface area contributed by atoms with Crippen LogP contribution >= 0.6 is 11.6 Å². The fourth-order valence-electron chi connectivity index (χ4n) is 2.44. The molecular formula is C14H16ClF2NO. The van der Waals surface area contributed by atoms with E-state index in [0.717, 1.165) is 19.3 Å². The molecular weight excluding hydrogens is 272 g/mol. The molecule has 0 aliphatic carbocycles. The minimum absolute atomic E-state index is 0.0160. The first-order valence-corrected chi connectivity index (χ1v) is 6.95. The number of halogens is 3. The van der Waals surface area contributed by atoms with E-state index in [1.54, 1.807) is 4.90 Å². The van der Waals surface area contributed by atoms with Gasteiger partial charge in [0, 0.05) is 24.0 Å². The van der Waals surface area contributed by atoms with Crippen molar-refractivity contribution in [1.29, 1.82) is 0 Å². The minimum atomic E-state index is -0.673. The summed E-state index contributed by atoms with van der Waals surface area (Å²) in [6.07, 6.45) is 2.56. The zero-order valence-corrected chi connectivity index (χ0v) is 11.3. The van der Waals surface area contributed by atoms with Crippen LogP contribution in [-0.2, 0) is 11.2 Å². The maximum atomic E-state index is 13.5. The number of hydrogen-bond donors (Lipinski definition) is 0. The van der Waals surface area contributed by atoms with Crippen LogP contribution in [0.3, 0.4) is 0 Å². The monoisotopic (exact) mass is 287 g/mol. The van der Waals surface area contributed by atoms with Gasteiger partial charge in [0.2, 0.25) is 5.91 Å². The first-order valence-electron chi connectivity index (χ1n) is 6.42. The number of piperidine rings is 1. The Morgan fingerprint density at radius 1 is 1.32 bits per heavy atom. The van der Waals surface area contributed by atoms with Crippen molar-refractivity contribution >= 4 is 17.5 Å². The Bertz CT molecular complexity index is 447. The van der Waals surface area contributed by atoms with Crippen molar-refractivity contribution in [1.82, 2.24) is 4.90 Å². The molecule has 1 atom stereocenters. The van der Waals surface area contributed by atoms with Gasteiger partial charge in [-0.2, -0.15) is 0 Å². The smallest absolute Gasteiger partial charge is 0.227 e. The SMILES string of the molecule is O=C(Cc1c(F)cccc1F)N1CCCCC1CCl. The van der Waals surface area contributed by atoms with Crippen LogP contribution in [0.15, 0.2) is 18.2 Å². The largest absolute Gasteiger partial charge is 0.338 e. The molecule has 0 radical (unpaired) electrons. The van der Waals surface area contributed by atoms with Gasteiger partial charge in [-0.15, -0.1) is 11.6 Å². The van der Waals surface area contributed by atoms with Crippen LogP contribution in [0.2, 0.25) is 0 Å². The molecule has 104 valence electrons. The van der Waals surface area contributed by atoms with Gasteiger partial charge in [-0.3, -0.25) is 4.79 Å². The van der Waals surface area contributed by atoms with E-state index in [9.17, 15) is 13.6 Å². The summed E-state index contributed by atoms with van der Waals surface area (Å²) < 4.78 is 27.0. The van der Waals surface area contributed by atoms with Crippen LogP contribution in [0.5, 0.6) is 0 Å². The van der Waals surface area contributed by atoms with Crippen molar-refractivity contribution in [2.24, 2.45) is 0 Å². The third kappa shape index (κ3) is 3.24. The van der Waals surface area contributed by atoms with E-state index in [1.165, 1.54) is 18.2 Å². The lowest BCUT2D eigenvalue weighted by Gasteiger charge is -2.34. The molecule has 1 heterocycles. The van der Waals surface area contributed by atoms with Crippen LogP contribution in [0.1, 0.15) is 24.8 Å². The molecule has 0 saturated carbocycles. The van der Waals surface area contributed by atoms with Crippen molar-refractivity contribution in [3.63, 3.8) is 0 Å². The lowest BCUT2D eigenvalue weighted by atomic mass is 10.0. The van der Waals surface area contributed by atoms with Gasteiger partial charge < -0.3 is 4.90 Å². The number of carbonyl (C=O) groups excluding carboxylic acids is 1. The molecule has 1 saturated heterocycles. The Hall–Kier alpha value is -1.16. The van der Waals surface area contributed by atoms with Crippen LogP contribution in [-0.4, -0.2) is 29.3 Å². The van der Waals surface area contributed by atoms with Gasteiger partial charge in [-0.1, -0.05) is 6.07 Å². The minimum Gasteiger partial charge on any atom is -0.338 e. The lowest BCUT2D eigenvalue weighted by Crippen LogP contribution is -2.45. The summed E-state index contributed by atoms with van der Waals surface area (Å²) in [4.78, 5) is 13.8. The highest BCUT2D eigenvalue weighted by Crippen LogP contribution is 2.21. The second-order valence-corrected chi connectivity index (χ2v) is 5.08. The third-order valence-corrected chi connectivity index (χ3v) is 3.87. The third-order valence-electron chi connectivity index (χ3n) is 3.52. The second-order valence-electron chi connectivity index (χ2n) is 4.77. The number of amides is 1. The molecule has 1 fully saturated rings. The van der Waals surface area contributed by atoms with E-state index in [4.69, 9.17) is 11.6 Å². The Balaban J connectivity index is 2.12. The van der Waals surface area contributed by atoms with Crippen LogP contribution < -0.4 is 0 Å². The Kier molecular flexibility index (Phi) is 4.75. The van der Waals surface area contributed by atoms with Gasteiger partial charge in [-0.25, -0.2) is 8.78 Å². The fraction of sp³-hybridized carbons (Fsp3) is 0.500. The summed E-state index contributed by atoms with van der Waals surface area (Å²) in [6, 6.07) is 3.61. The highest BCUT2D eigenvalue weighted by atomic mass is 35.5. The first kappa shape index (κ1) is 14.3. The molecule has 0 bridgehead atoms. The number of benzene rings is 1. The highest BCUT2D eigenvalue weighted by Gasteiger charge is 2.27. The van der Waals surface area contributed by atoms with Gasteiger partial charge in [0.05, 0.1) is 6.42 Å². The Morgan fingerprint density at radius 2 is 2.00 bits per heavy atom. The van der Waals surface area contributed by atoms with E-state index in [0.29, 0.717) is 12.4 Å². The Labute approximate surface area is 116 Å². The average Bonchev–Trinajstić information content (AvgIpc) is 2.42. The summed E-state index contributed by atoms with van der Waals surface area (Å²) in [5.74, 6) is -1.24. The molecule has 2 rings (SSSR count). The van der Waals surface area contributed by atoms with Crippen LogP contribution in [0.25, 0.3) is 0 Å². The van der Waals surface area contributed by atoms with Gasteiger partial charge in [0.15, 0.2) is 0 Å². The number of hydrogen-bond acceptors (Lipinski definition) is 1. The predicted molar refractivity (Wildman–Crippen MR) is 70.1 cm³/mol. The quantitative estimate of drug-likeness (QED) is 0.782. The number of nitrogens with zero attached hydrogens (tertiary/aromatic N) is 1. The van der Waals surface area contributed by atoms with Gasteiger partial charge in [0.1, 0.15) is 11.6 Å². The molecule has 0 aromatic heterocycles. The van der Waals surface area contributed by atoms with Gasteiger partial charge in [0.25, 0.3) is 0 Å². The number of likely N-dealkylation sites (tertiary alicyclic amines) is 1. The summed E-state index contributed by atoms with van der Waals surface area (Å²) in [5.41, 5.74) is -0.161. The van der Waals surface area contributed by atoms with E-state index in [2.05, 4.69) is 0 Å². The predicted octanol–water partition coefficient (Wildman–Crippen LogP) is 3.13. The molecule has 2 nitrogen and oxygen atoms in total. The van der Waals surface area contributed by atoms with E-state index >= 15 is 0 Å². The van der Waals surface area contributed by atoms with Crippen LogP contribution in [0, 0.1) is 11.6 Å². The first-order chi connectivity index (χ1) is 9.13. The molecule has 1 aromatic carbocycles. The van der Waals surface area contributed by atoms with E-state index in [1.807, 2.05) is 0 Å². The highest BCUT2D eigenvalue weighted by molar-refractivity contribution is 6.18. The summed E-state index contributed by atoms with van der Waals surface area (Å²) in [7, 11) is 0. The summed E-state index contributed by atoms with van der Waals surface area (Å²) >= 11 is 5.84. The van der Waals surface area contributed by atoms with Gasteiger partial charge >= 0.3 is 0 Å². The lowest BCUT2D eigenvalue weighted by molar-refractivity contribution is -0.133. The molecule has 1 aliphatic rings.